The lowest BCUT2D eigenvalue weighted by Gasteiger charge is -2.26. The van der Waals surface area contributed by atoms with Crippen LogP contribution in [0.3, 0.4) is 0 Å². The summed E-state index contributed by atoms with van der Waals surface area (Å²) < 4.78 is 5.31. The van der Waals surface area contributed by atoms with Gasteiger partial charge in [-0.25, -0.2) is 0 Å². The minimum Gasteiger partial charge on any atom is -0.382 e. The van der Waals surface area contributed by atoms with Crippen LogP contribution < -0.4 is 10.6 Å². The molecule has 1 amide bonds. The molecule has 21 heavy (non-hydrogen) atoms. The number of amides is 1. The van der Waals surface area contributed by atoms with Crippen LogP contribution in [-0.2, 0) is 4.74 Å². The SMILES string of the molecule is CC(C)Nc1ccccc1C(=O)NCCN1CCOCC1. The maximum atomic E-state index is 12.3. The molecule has 0 saturated carbocycles. The Morgan fingerprint density at radius 3 is 2.71 bits per heavy atom. The highest BCUT2D eigenvalue weighted by molar-refractivity contribution is 5.99. The molecule has 0 unspecified atom stereocenters. The van der Waals surface area contributed by atoms with Crippen LogP contribution in [0.5, 0.6) is 0 Å². The monoisotopic (exact) mass is 291 g/mol. The topological polar surface area (TPSA) is 53.6 Å². The number of para-hydroxylation sites is 1. The number of carbonyl (C=O) groups is 1. The minimum atomic E-state index is -0.0213. The lowest BCUT2D eigenvalue weighted by Crippen LogP contribution is -2.41. The molecule has 116 valence electrons. The summed E-state index contributed by atoms with van der Waals surface area (Å²) in [4.78, 5) is 14.6. The van der Waals surface area contributed by atoms with Crippen LogP contribution in [0.4, 0.5) is 5.69 Å². The summed E-state index contributed by atoms with van der Waals surface area (Å²) in [6.07, 6.45) is 0. The van der Waals surface area contributed by atoms with E-state index in [1.807, 2.05) is 24.3 Å². The number of morpholine rings is 1. The number of ether oxygens (including phenoxy) is 1. The van der Waals surface area contributed by atoms with Gasteiger partial charge in [-0.05, 0) is 26.0 Å². The fourth-order valence-corrected chi connectivity index (χ4v) is 2.37. The molecule has 5 heteroatoms. The molecule has 0 bridgehead atoms. The molecule has 1 aromatic carbocycles. The number of nitrogens with one attached hydrogen (secondary N) is 2. The second kappa shape index (κ2) is 8.00. The molecule has 0 radical (unpaired) electrons. The summed E-state index contributed by atoms with van der Waals surface area (Å²) >= 11 is 0. The first kappa shape index (κ1) is 15.8. The zero-order valence-corrected chi connectivity index (χ0v) is 12.9. The first-order valence-electron chi connectivity index (χ1n) is 7.60. The van der Waals surface area contributed by atoms with Crippen molar-refractivity contribution in [3.05, 3.63) is 29.8 Å². The van der Waals surface area contributed by atoms with Crippen molar-refractivity contribution >= 4 is 11.6 Å². The summed E-state index contributed by atoms with van der Waals surface area (Å²) in [6, 6.07) is 7.93. The van der Waals surface area contributed by atoms with Gasteiger partial charge in [0.15, 0.2) is 0 Å². The predicted molar refractivity (Wildman–Crippen MR) is 84.8 cm³/mol. The maximum absolute atomic E-state index is 12.3. The smallest absolute Gasteiger partial charge is 0.253 e. The first-order chi connectivity index (χ1) is 10.2. The van der Waals surface area contributed by atoms with Crippen LogP contribution in [-0.4, -0.2) is 56.2 Å². The van der Waals surface area contributed by atoms with E-state index in [4.69, 9.17) is 4.74 Å². The summed E-state index contributed by atoms with van der Waals surface area (Å²) in [5.74, 6) is -0.0213. The van der Waals surface area contributed by atoms with Gasteiger partial charge in [-0.15, -0.1) is 0 Å². The molecular weight excluding hydrogens is 266 g/mol. The van der Waals surface area contributed by atoms with E-state index in [1.165, 1.54) is 0 Å². The van der Waals surface area contributed by atoms with Gasteiger partial charge in [0.1, 0.15) is 0 Å². The van der Waals surface area contributed by atoms with Crippen molar-refractivity contribution in [2.75, 3.05) is 44.7 Å². The van der Waals surface area contributed by atoms with Crippen molar-refractivity contribution in [3.8, 4) is 0 Å². The Balaban J connectivity index is 1.85. The van der Waals surface area contributed by atoms with Gasteiger partial charge in [-0.3, -0.25) is 9.69 Å². The Kier molecular flexibility index (Phi) is 6.02. The maximum Gasteiger partial charge on any atom is 0.253 e. The quantitative estimate of drug-likeness (QED) is 0.835. The highest BCUT2D eigenvalue weighted by atomic mass is 16.5. The minimum absolute atomic E-state index is 0.0213. The Labute approximate surface area is 126 Å². The predicted octanol–water partition coefficient (Wildman–Crippen LogP) is 1.57. The Hall–Kier alpha value is -1.59. The fourth-order valence-electron chi connectivity index (χ4n) is 2.37. The van der Waals surface area contributed by atoms with Gasteiger partial charge >= 0.3 is 0 Å². The van der Waals surface area contributed by atoms with Crippen LogP contribution in [0.1, 0.15) is 24.2 Å². The van der Waals surface area contributed by atoms with Gasteiger partial charge in [-0.1, -0.05) is 12.1 Å². The van der Waals surface area contributed by atoms with Crippen LogP contribution in [0.2, 0.25) is 0 Å². The van der Waals surface area contributed by atoms with Crippen molar-refractivity contribution in [3.63, 3.8) is 0 Å². The van der Waals surface area contributed by atoms with E-state index >= 15 is 0 Å². The van der Waals surface area contributed by atoms with Gasteiger partial charge in [0.05, 0.1) is 18.8 Å². The number of rotatable bonds is 6. The highest BCUT2D eigenvalue weighted by Crippen LogP contribution is 2.15. The number of nitrogens with zero attached hydrogens (tertiary/aromatic N) is 1. The molecule has 0 aromatic heterocycles. The molecule has 0 aliphatic carbocycles. The largest absolute Gasteiger partial charge is 0.382 e. The molecule has 0 spiro atoms. The lowest BCUT2D eigenvalue weighted by atomic mass is 10.1. The van der Waals surface area contributed by atoms with E-state index in [9.17, 15) is 4.79 Å². The van der Waals surface area contributed by atoms with Gasteiger partial charge in [0.25, 0.3) is 5.91 Å². The first-order valence-corrected chi connectivity index (χ1v) is 7.60. The van der Waals surface area contributed by atoms with E-state index in [0.29, 0.717) is 18.2 Å². The number of hydrogen-bond acceptors (Lipinski definition) is 4. The molecule has 2 rings (SSSR count). The van der Waals surface area contributed by atoms with Crippen LogP contribution >= 0.6 is 0 Å². The molecule has 5 nitrogen and oxygen atoms in total. The lowest BCUT2D eigenvalue weighted by molar-refractivity contribution is 0.0383. The van der Waals surface area contributed by atoms with E-state index in [2.05, 4.69) is 29.4 Å². The summed E-state index contributed by atoms with van der Waals surface area (Å²) in [5.41, 5.74) is 1.59. The van der Waals surface area contributed by atoms with Crippen molar-refractivity contribution in [1.29, 1.82) is 0 Å². The van der Waals surface area contributed by atoms with E-state index in [0.717, 1.165) is 38.5 Å². The van der Waals surface area contributed by atoms with Gasteiger partial charge in [0, 0.05) is 37.9 Å². The molecule has 1 fully saturated rings. The van der Waals surface area contributed by atoms with Gasteiger partial charge in [0.2, 0.25) is 0 Å². The van der Waals surface area contributed by atoms with Crippen LogP contribution in [0.25, 0.3) is 0 Å². The molecule has 1 aromatic rings. The Morgan fingerprint density at radius 2 is 2.00 bits per heavy atom. The molecule has 1 aliphatic rings. The second-order valence-electron chi connectivity index (χ2n) is 5.55. The summed E-state index contributed by atoms with van der Waals surface area (Å²) in [5, 5.41) is 6.30. The molecule has 1 aliphatic heterocycles. The van der Waals surface area contributed by atoms with Gasteiger partial charge < -0.3 is 15.4 Å². The molecule has 1 heterocycles. The van der Waals surface area contributed by atoms with Crippen LogP contribution in [0.15, 0.2) is 24.3 Å². The van der Waals surface area contributed by atoms with Crippen molar-refractivity contribution in [2.24, 2.45) is 0 Å². The number of hydrogen-bond donors (Lipinski definition) is 2. The summed E-state index contributed by atoms with van der Waals surface area (Å²) in [7, 11) is 0. The number of anilines is 1. The average molecular weight is 291 g/mol. The normalized spacial score (nSPS) is 16.0. The standard InChI is InChI=1S/C16H25N3O2/c1-13(2)18-15-6-4-3-5-14(15)16(20)17-7-8-19-9-11-21-12-10-19/h3-6,13,18H,7-12H2,1-2H3,(H,17,20). The average Bonchev–Trinajstić information content (AvgIpc) is 2.48. The fraction of sp³-hybridized carbons (Fsp3) is 0.562. The van der Waals surface area contributed by atoms with Gasteiger partial charge in [-0.2, -0.15) is 0 Å². The molecule has 1 saturated heterocycles. The van der Waals surface area contributed by atoms with Crippen LogP contribution in [0, 0.1) is 0 Å². The zero-order chi connectivity index (χ0) is 15.1. The van der Waals surface area contributed by atoms with E-state index < -0.39 is 0 Å². The van der Waals surface area contributed by atoms with Crippen molar-refractivity contribution in [2.45, 2.75) is 19.9 Å². The third-order valence-electron chi connectivity index (χ3n) is 3.43. The zero-order valence-electron chi connectivity index (χ0n) is 12.9. The van der Waals surface area contributed by atoms with E-state index in [1.54, 1.807) is 0 Å². The van der Waals surface area contributed by atoms with E-state index in [-0.39, 0.29) is 5.91 Å². The highest BCUT2D eigenvalue weighted by Gasteiger charge is 2.13. The molecule has 2 N–H and O–H groups in total. The third kappa shape index (κ3) is 5.02. The number of carbonyl (C=O) groups excluding carboxylic acids is 1. The Morgan fingerprint density at radius 1 is 1.29 bits per heavy atom. The van der Waals surface area contributed by atoms with Crippen molar-refractivity contribution in [1.82, 2.24) is 10.2 Å². The third-order valence-corrected chi connectivity index (χ3v) is 3.43. The number of benzene rings is 1. The Bertz CT molecular complexity index is 457. The molecule has 0 atom stereocenters. The molecular formula is C16H25N3O2. The van der Waals surface area contributed by atoms with Crippen molar-refractivity contribution < 1.29 is 9.53 Å². The summed E-state index contributed by atoms with van der Waals surface area (Å²) in [6.45, 7) is 9.12. The second-order valence-corrected chi connectivity index (χ2v) is 5.55.